The molecule has 0 N–H and O–H groups in total. The lowest BCUT2D eigenvalue weighted by Gasteiger charge is -2.01. The molecule has 0 saturated heterocycles. The molecule has 3 nitrogen and oxygen atoms in total. The van der Waals surface area contributed by atoms with E-state index in [1.165, 1.54) is 0 Å². The third kappa shape index (κ3) is 0.958. The van der Waals surface area contributed by atoms with Gasteiger partial charge in [-0.3, -0.25) is 9.59 Å². The smallest absolute Gasteiger partial charge is 0.309 e. The van der Waals surface area contributed by atoms with Gasteiger partial charge in [-0.2, -0.15) is 0 Å². The maximum Gasteiger partial charge on any atom is 0.309 e. The van der Waals surface area contributed by atoms with E-state index >= 15 is 0 Å². The van der Waals surface area contributed by atoms with Crippen LogP contribution in [0.15, 0.2) is 0 Å². The molecule has 0 bridgehead atoms. The van der Waals surface area contributed by atoms with Crippen molar-refractivity contribution in [1.82, 2.24) is 0 Å². The van der Waals surface area contributed by atoms with Gasteiger partial charge in [0, 0.05) is 12.3 Å². The minimum Gasteiger partial charge on any atom is -0.466 e. The molecular weight excluding hydrogens is 156 g/mol. The number of esters is 1. The molecule has 2 fully saturated rings. The van der Waals surface area contributed by atoms with E-state index in [1.54, 1.807) is 6.92 Å². The van der Waals surface area contributed by atoms with E-state index < -0.39 is 0 Å². The maximum absolute atomic E-state index is 11.2. The Labute approximate surface area is 71.1 Å². The first kappa shape index (κ1) is 7.77. The zero-order chi connectivity index (χ0) is 8.72. The van der Waals surface area contributed by atoms with Gasteiger partial charge in [0.25, 0.3) is 0 Å². The van der Waals surface area contributed by atoms with E-state index in [1.807, 2.05) is 0 Å². The van der Waals surface area contributed by atoms with Gasteiger partial charge in [-0.25, -0.2) is 0 Å². The lowest BCUT2D eigenvalue weighted by atomic mass is 10.1. The summed E-state index contributed by atoms with van der Waals surface area (Å²) in [6.07, 6.45) is 1.57. The van der Waals surface area contributed by atoms with Crippen LogP contribution in [0.2, 0.25) is 0 Å². The monoisotopic (exact) mass is 168 g/mol. The molecular formula is C9H12O3. The molecule has 0 heterocycles. The third-order valence-electron chi connectivity index (χ3n) is 2.82. The van der Waals surface area contributed by atoms with Gasteiger partial charge in [-0.05, 0) is 19.3 Å². The molecule has 0 aromatic carbocycles. The fraction of sp³-hybridized carbons (Fsp3) is 0.778. The van der Waals surface area contributed by atoms with Crippen molar-refractivity contribution in [2.75, 3.05) is 6.61 Å². The highest BCUT2D eigenvalue weighted by Gasteiger charge is 2.62. The topological polar surface area (TPSA) is 43.4 Å². The molecule has 2 unspecified atom stereocenters. The average Bonchev–Trinajstić information content (AvgIpc) is 2.65. The Morgan fingerprint density at radius 3 is 2.92 bits per heavy atom. The van der Waals surface area contributed by atoms with Gasteiger partial charge in [0.15, 0.2) is 0 Å². The number of fused-ring (bicyclic) bond motifs is 1. The van der Waals surface area contributed by atoms with Crippen molar-refractivity contribution in [1.29, 1.82) is 0 Å². The van der Waals surface area contributed by atoms with Crippen molar-refractivity contribution in [2.24, 2.45) is 17.8 Å². The maximum atomic E-state index is 11.2. The summed E-state index contributed by atoms with van der Waals surface area (Å²) in [5, 5.41) is 0. The van der Waals surface area contributed by atoms with Crippen molar-refractivity contribution in [3.05, 3.63) is 0 Å². The van der Waals surface area contributed by atoms with Gasteiger partial charge in [-0.1, -0.05) is 0 Å². The van der Waals surface area contributed by atoms with Crippen LogP contribution >= 0.6 is 0 Å². The molecule has 2 aliphatic rings. The number of hydrogen-bond acceptors (Lipinski definition) is 3. The van der Waals surface area contributed by atoms with E-state index in [0.717, 1.165) is 6.42 Å². The summed E-state index contributed by atoms with van der Waals surface area (Å²) >= 11 is 0. The second-order valence-electron chi connectivity index (χ2n) is 3.47. The zero-order valence-corrected chi connectivity index (χ0v) is 7.08. The molecule has 0 radical (unpaired) electrons. The number of rotatable bonds is 2. The third-order valence-corrected chi connectivity index (χ3v) is 2.82. The lowest BCUT2D eigenvalue weighted by Crippen LogP contribution is -2.12. The summed E-state index contributed by atoms with van der Waals surface area (Å²) < 4.78 is 4.86. The number of ether oxygens (including phenoxy) is 1. The van der Waals surface area contributed by atoms with E-state index in [9.17, 15) is 9.59 Å². The highest BCUT2D eigenvalue weighted by atomic mass is 16.5. The molecule has 0 aromatic rings. The van der Waals surface area contributed by atoms with E-state index in [-0.39, 0.29) is 23.6 Å². The predicted octanol–water partition coefficient (Wildman–Crippen LogP) is 0.775. The van der Waals surface area contributed by atoms with Crippen molar-refractivity contribution < 1.29 is 14.3 Å². The van der Waals surface area contributed by atoms with Crippen LogP contribution in [0.25, 0.3) is 0 Å². The van der Waals surface area contributed by atoms with Crippen LogP contribution in [0.4, 0.5) is 0 Å². The molecule has 2 saturated carbocycles. The van der Waals surface area contributed by atoms with Gasteiger partial charge >= 0.3 is 5.97 Å². The summed E-state index contributed by atoms with van der Waals surface area (Å²) in [5.41, 5.74) is 0. The Balaban J connectivity index is 1.94. The molecule has 3 atom stereocenters. The quantitative estimate of drug-likeness (QED) is 0.572. The summed E-state index contributed by atoms with van der Waals surface area (Å²) in [7, 11) is 0. The number of carbonyl (C=O) groups excluding carboxylic acids is 2. The van der Waals surface area contributed by atoms with Gasteiger partial charge in [0.1, 0.15) is 5.78 Å². The van der Waals surface area contributed by atoms with Gasteiger partial charge in [0.2, 0.25) is 0 Å². The van der Waals surface area contributed by atoms with Crippen LogP contribution in [0.5, 0.6) is 0 Å². The summed E-state index contributed by atoms with van der Waals surface area (Å²) in [6.45, 7) is 2.21. The lowest BCUT2D eigenvalue weighted by molar-refractivity contribution is -0.146. The van der Waals surface area contributed by atoms with Crippen molar-refractivity contribution in [3.8, 4) is 0 Å². The van der Waals surface area contributed by atoms with Crippen LogP contribution in [-0.2, 0) is 14.3 Å². The van der Waals surface area contributed by atoms with Crippen molar-refractivity contribution in [2.45, 2.75) is 19.8 Å². The van der Waals surface area contributed by atoms with Crippen LogP contribution in [-0.4, -0.2) is 18.4 Å². The standard InChI is InChI=1S/C9H12O3/c1-2-12-9(11)8-5-3-4-6(10)7(5)8/h5,7-8H,2-4H2,1H3/t5?,7?,8-/m0/s1. The van der Waals surface area contributed by atoms with E-state index in [2.05, 4.69) is 0 Å². The molecule has 2 rings (SSSR count). The molecule has 3 heteroatoms. The highest BCUT2D eigenvalue weighted by molar-refractivity contribution is 5.94. The second kappa shape index (κ2) is 2.57. The molecule has 12 heavy (non-hydrogen) atoms. The minimum atomic E-state index is -0.166. The van der Waals surface area contributed by atoms with Gasteiger partial charge in [0.05, 0.1) is 12.5 Å². The van der Waals surface area contributed by atoms with Crippen LogP contribution in [0.3, 0.4) is 0 Å². The predicted molar refractivity (Wildman–Crippen MR) is 41.3 cm³/mol. The van der Waals surface area contributed by atoms with Crippen molar-refractivity contribution >= 4 is 11.8 Å². The molecule has 0 spiro atoms. The Kier molecular flexibility index (Phi) is 1.67. The van der Waals surface area contributed by atoms with Crippen LogP contribution in [0, 0.1) is 17.8 Å². The SMILES string of the molecule is CCOC(=O)[C@H]1C2CCC(=O)C21. The minimum absolute atomic E-state index is 0.0315. The first-order valence-electron chi connectivity index (χ1n) is 4.45. The Morgan fingerprint density at radius 2 is 2.42 bits per heavy atom. The zero-order valence-electron chi connectivity index (χ0n) is 7.08. The summed E-state index contributed by atoms with van der Waals surface area (Å²) in [5.74, 6) is 0.380. The first-order valence-corrected chi connectivity index (χ1v) is 4.45. The highest BCUT2D eigenvalue weighted by Crippen LogP contribution is 2.55. The number of ketones is 1. The van der Waals surface area contributed by atoms with Crippen LogP contribution < -0.4 is 0 Å². The summed E-state index contributed by atoms with van der Waals surface area (Å²) in [6, 6.07) is 0. The van der Waals surface area contributed by atoms with Gasteiger partial charge in [-0.15, -0.1) is 0 Å². The Hall–Kier alpha value is -0.860. The molecule has 2 aliphatic carbocycles. The number of Topliss-reactive ketones (excluding diaryl/α,β-unsaturated/α-hetero) is 1. The average molecular weight is 168 g/mol. The van der Waals surface area contributed by atoms with E-state index in [4.69, 9.17) is 4.74 Å². The number of hydrogen-bond donors (Lipinski definition) is 0. The largest absolute Gasteiger partial charge is 0.466 e. The second-order valence-corrected chi connectivity index (χ2v) is 3.47. The first-order chi connectivity index (χ1) is 5.75. The summed E-state index contributed by atoms with van der Waals surface area (Å²) in [4.78, 5) is 22.3. The Bertz CT molecular complexity index is 234. The van der Waals surface area contributed by atoms with Crippen molar-refractivity contribution in [3.63, 3.8) is 0 Å². The molecule has 0 amide bonds. The molecule has 0 aliphatic heterocycles. The normalized spacial score (nSPS) is 37.8. The van der Waals surface area contributed by atoms with E-state index in [0.29, 0.717) is 18.9 Å². The van der Waals surface area contributed by atoms with Gasteiger partial charge < -0.3 is 4.74 Å². The molecule has 66 valence electrons. The van der Waals surface area contributed by atoms with Crippen LogP contribution in [0.1, 0.15) is 19.8 Å². The number of carbonyl (C=O) groups is 2. The Morgan fingerprint density at radius 1 is 1.67 bits per heavy atom. The fourth-order valence-electron chi connectivity index (χ4n) is 2.21. The molecule has 0 aromatic heterocycles. The fourth-order valence-corrected chi connectivity index (χ4v) is 2.21.